The van der Waals surface area contributed by atoms with Gasteiger partial charge in [0.05, 0.1) is 16.6 Å². The molecule has 6 rings (SSSR count). The molecule has 0 saturated carbocycles. The number of benzene rings is 4. The molecule has 1 fully saturated rings. The zero-order valence-electron chi connectivity index (χ0n) is 21.7. The topological polar surface area (TPSA) is 96.4 Å². The average molecular weight is 533 g/mol. The van der Waals surface area contributed by atoms with Crippen LogP contribution >= 0.6 is 0 Å². The molecule has 4 aromatic carbocycles. The molecule has 8 heteroatoms. The third-order valence-corrected chi connectivity index (χ3v) is 7.18. The molecule has 0 spiro atoms. The van der Waals surface area contributed by atoms with Crippen LogP contribution in [-0.2, 0) is 16.1 Å². The zero-order chi connectivity index (χ0) is 27.5. The van der Waals surface area contributed by atoms with E-state index in [1.807, 2.05) is 97.1 Å². The average Bonchev–Trinajstić information content (AvgIpc) is 3.62. The fourth-order valence-electron chi connectivity index (χ4n) is 5.11. The van der Waals surface area contributed by atoms with E-state index in [-0.39, 0.29) is 18.1 Å². The molecule has 0 bridgehead atoms. The number of para-hydroxylation sites is 1. The van der Waals surface area contributed by atoms with Crippen molar-refractivity contribution in [1.29, 1.82) is 0 Å². The number of aromatic nitrogens is 2. The predicted molar refractivity (Wildman–Crippen MR) is 154 cm³/mol. The van der Waals surface area contributed by atoms with Crippen LogP contribution in [0.3, 0.4) is 0 Å². The smallest absolute Gasteiger partial charge is 0.410 e. The normalized spacial score (nSPS) is 14.8. The summed E-state index contributed by atoms with van der Waals surface area (Å²) in [7, 11) is 0. The van der Waals surface area contributed by atoms with Crippen LogP contribution < -0.4 is 10.9 Å². The monoisotopic (exact) mass is 532 g/mol. The first kappa shape index (κ1) is 25.2. The summed E-state index contributed by atoms with van der Waals surface area (Å²) in [5.41, 5.74) is 4.81. The van der Waals surface area contributed by atoms with Gasteiger partial charge >= 0.3 is 6.09 Å². The third kappa shape index (κ3) is 5.11. The van der Waals surface area contributed by atoms with Crippen molar-refractivity contribution in [3.8, 4) is 16.8 Å². The van der Waals surface area contributed by atoms with Crippen LogP contribution in [0.1, 0.15) is 18.4 Å². The third-order valence-electron chi connectivity index (χ3n) is 7.18. The van der Waals surface area contributed by atoms with E-state index >= 15 is 0 Å². The molecule has 1 atom stereocenters. The van der Waals surface area contributed by atoms with Gasteiger partial charge in [-0.2, -0.15) is 0 Å². The van der Waals surface area contributed by atoms with E-state index in [4.69, 9.17) is 4.74 Å². The summed E-state index contributed by atoms with van der Waals surface area (Å²) in [6.07, 6.45) is 0.842. The summed E-state index contributed by atoms with van der Waals surface area (Å²) in [6.45, 7) is 0.651. The molecule has 1 aliphatic rings. The molecule has 8 nitrogen and oxygen atoms in total. The molecular formula is C32H28N4O4. The number of carbonyl (C=O) groups excluding carboxylic acids is 2. The number of nitrogens with zero attached hydrogens (tertiary/aromatic N) is 2. The van der Waals surface area contributed by atoms with Gasteiger partial charge in [-0.05, 0) is 65.9 Å². The van der Waals surface area contributed by atoms with E-state index < -0.39 is 12.1 Å². The van der Waals surface area contributed by atoms with Gasteiger partial charge in [-0.1, -0.05) is 66.7 Å². The number of rotatable bonds is 6. The van der Waals surface area contributed by atoms with E-state index in [1.165, 1.54) is 9.58 Å². The summed E-state index contributed by atoms with van der Waals surface area (Å²) < 4.78 is 7.00. The lowest BCUT2D eigenvalue weighted by Crippen LogP contribution is -2.43. The van der Waals surface area contributed by atoms with Crippen molar-refractivity contribution in [1.82, 2.24) is 14.7 Å². The number of fused-ring (bicyclic) bond motifs is 1. The van der Waals surface area contributed by atoms with Crippen molar-refractivity contribution in [2.45, 2.75) is 25.5 Å². The van der Waals surface area contributed by atoms with Crippen LogP contribution in [0.25, 0.3) is 27.7 Å². The van der Waals surface area contributed by atoms with Gasteiger partial charge < -0.3 is 10.1 Å². The fraction of sp³-hybridized carbons (Fsp3) is 0.156. The first-order valence-corrected chi connectivity index (χ1v) is 13.3. The summed E-state index contributed by atoms with van der Waals surface area (Å²) in [4.78, 5) is 40.2. The Hall–Kier alpha value is -5.11. The molecule has 1 saturated heterocycles. The molecular weight excluding hydrogens is 504 g/mol. The highest BCUT2D eigenvalue weighted by Crippen LogP contribution is 2.26. The van der Waals surface area contributed by atoms with E-state index in [2.05, 4.69) is 10.4 Å². The van der Waals surface area contributed by atoms with E-state index in [9.17, 15) is 14.4 Å². The maximum Gasteiger partial charge on any atom is 0.410 e. The van der Waals surface area contributed by atoms with Gasteiger partial charge in [0.2, 0.25) is 5.91 Å². The molecule has 0 radical (unpaired) electrons. The fourth-order valence-corrected chi connectivity index (χ4v) is 5.11. The SMILES string of the molecule is O=C(Nc1cccc(-c2ccc(-n3[nH]c4ccccc4c3=O)cc2)c1)C1CCCN1C(=O)OCc1ccccc1. The second-order valence-corrected chi connectivity index (χ2v) is 9.81. The molecule has 1 unspecified atom stereocenters. The van der Waals surface area contributed by atoms with Gasteiger partial charge in [-0.3, -0.25) is 19.6 Å². The Morgan fingerprint density at radius 1 is 0.875 bits per heavy atom. The predicted octanol–water partition coefficient (Wildman–Crippen LogP) is 5.73. The van der Waals surface area contributed by atoms with Crippen LogP contribution in [0.4, 0.5) is 10.5 Å². The molecule has 5 aromatic rings. The second kappa shape index (κ2) is 10.9. The number of likely N-dealkylation sites (tertiary alicyclic amines) is 1. The van der Waals surface area contributed by atoms with E-state index in [0.717, 1.165) is 34.3 Å². The molecule has 40 heavy (non-hydrogen) atoms. The zero-order valence-corrected chi connectivity index (χ0v) is 21.7. The number of carbonyl (C=O) groups is 2. The highest BCUT2D eigenvalue weighted by Gasteiger charge is 2.35. The summed E-state index contributed by atoms with van der Waals surface area (Å²) in [6, 6.07) is 31.5. The number of ether oxygens (including phenoxy) is 1. The summed E-state index contributed by atoms with van der Waals surface area (Å²) in [5.74, 6) is -0.236. The minimum absolute atomic E-state index is 0.0991. The van der Waals surface area contributed by atoms with Crippen molar-refractivity contribution in [3.63, 3.8) is 0 Å². The highest BCUT2D eigenvalue weighted by molar-refractivity contribution is 5.97. The van der Waals surface area contributed by atoms with Crippen molar-refractivity contribution in [2.24, 2.45) is 0 Å². The van der Waals surface area contributed by atoms with Crippen LogP contribution in [0.15, 0.2) is 108 Å². The molecule has 2 N–H and O–H groups in total. The van der Waals surface area contributed by atoms with Gasteiger partial charge in [-0.15, -0.1) is 0 Å². The number of H-pyrrole nitrogens is 1. The Balaban J connectivity index is 1.13. The van der Waals surface area contributed by atoms with E-state index in [0.29, 0.717) is 24.0 Å². The number of nitrogens with one attached hydrogen (secondary N) is 2. The lowest BCUT2D eigenvalue weighted by molar-refractivity contribution is -0.120. The lowest BCUT2D eigenvalue weighted by Gasteiger charge is -2.23. The van der Waals surface area contributed by atoms with Gasteiger partial charge in [-0.25, -0.2) is 9.48 Å². The van der Waals surface area contributed by atoms with Gasteiger partial charge in [0.1, 0.15) is 12.6 Å². The summed E-state index contributed by atoms with van der Waals surface area (Å²) in [5, 5.41) is 6.76. The van der Waals surface area contributed by atoms with Gasteiger partial charge in [0.15, 0.2) is 0 Å². The number of hydrogen-bond donors (Lipinski definition) is 2. The first-order chi connectivity index (χ1) is 19.6. The van der Waals surface area contributed by atoms with Crippen LogP contribution in [-0.4, -0.2) is 39.3 Å². The maximum absolute atomic E-state index is 13.2. The van der Waals surface area contributed by atoms with Crippen molar-refractivity contribution in [2.75, 3.05) is 11.9 Å². The molecule has 1 aromatic heterocycles. The molecule has 200 valence electrons. The number of aromatic amines is 1. The van der Waals surface area contributed by atoms with E-state index in [1.54, 1.807) is 6.07 Å². The number of hydrogen-bond acceptors (Lipinski definition) is 4. The van der Waals surface area contributed by atoms with Crippen LogP contribution in [0.5, 0.6) is 0 Å². The standard InChI is InChI=1S/C32H28N4O4/c37-30(29-14-7-19-35(29)32(39)40-21-22-8-2-1-3-9-22)33-25-11-6-10-24(20-25)23-15-17-26(18-16-23)36-31(38)27-12-4-5-13-28(27)34-36/h1-6,8-13,15-18,20,29,34H,7,14,19,21H2,(H,33,37). The van der Waals surface area contributed by atoms with Crippen LogP contribution in [0.2, 0.25) is 0 Å². The Morgan fingerprint density at radius 3 is 2.45 bits per heavy atom. The minimum atomic E-state index is -0.583. The van der Waals surface area contributed by atoms with Gasteiger partial charge in [0.25, 0.3) is 5.56 Å². The number of amides is 2. The second-order valence-electron chi connectivity index (χ2n) is 9.81. The largest absolute Gasteiger partial charge is 0.445 e. The minimum Gasteiger partial charge on any atom is -0.445 e. The van der Waals surface area contributed by atoms with Crippen molar-refractivity contribution < 1.29 is 14.3 Å². The molecule has 1 aliphatic heterocycles. The lowest BCUT2D eigenvalue weighted by atomic mass is 10.0. The Morgan fingerprint density at radius 2 is 1.65 bits per heavy atom. The number of anilines is 1. The van der Waals surface area contributed by atoms with Crippen molar-refractivity contribution >= 4 is 28.6 Å². The van der Waals surface area contributed by atoms with Gasteiger partial charge in [0, 0.05) is 12.2 Å². The van der Waals surface area contributed by atoms with Crippen LogP contribution in [0, 0.1) is 0 Å². The Kier molecular flexibility index (Phi) is 6.89. The Bertz CT molecular complexity index is 1720. The maximum atomic E-state index is 13.2. The first-order valence-electron chi connectivity index (χ1n) is 13.3. The Labute approximate surface area is 230 Å². The van der Waals surface area contributed by atoms with Crippen molar-refractivity contribution in [3.05, 3.63) is 119 Å². The molecule has 2 heterocycles. The molecule has 0 aliphatic carbocycles. The highest BCUT2D eigenvalue weighted by atomic mass is 16.6. The summed E-state index contributed by atoms with van der Waals surface area (Å²) >= 11 is 0. The quantitative estimate of drug-likeness (QED) is 0.292. The molecule has 2 amide bonds.